The lowest BCUT2D eigenvalue weighted by Crippen LogP contribution is -2.37. The third kappa shape index (κ3) is 5.87. The van der Waals surface area contributed by atoms with E-state index in [0.717, 1.165) is 60.8 Å². The van der Waals surface area contributed by atoms with Crippen molar-refractivity contribution < 1.29 is 14.6 Å². The molecule has 2 fully saturated rings. The van der Waals surface area contributed by atoms with E-state index in [9.17, 15) is 4.79 Å². The number of carboxylic acid groups (broad SMARTS) is 1. The van der Waals surface area contributed by atoms with Gasteiger partial charge in [0.25, 0.3) is 0 Å². The van der Waals surface area contributed by atoms with Gasteiger partial charge in [0.1, 0.15) is 5.75 Å². The summed E-state index contributed by atoms with van der Waals surface area (Å²) in [5.41, 5.74) is 1.19. The molecule has 0 aromatic heterocycles. The first-order chi connectivity index (χ1) is 13.0. The van der Waals surface area contributed by atoms with Gasteiger partial charge in [-0.1, -0.05) is 41.3 Å². The smallest absolute Gasteiger partial charge is 0.407 e. The molecule has 1 saturated heterocycles. The number of ether oxygens (including phenoxy) is 1. The molecule has 1 aromatic carbocycles. The maximum atomic E-state index is 11.0. The zero-order chi connectivity index (χ0) is 19.2. The number of carbonyl (C=O) groups is 1. The standard InChI is InChI=1S/C22H32BrNO3/c1-16-20(23)6-3-7-21(16)27-19-10-8-17(9-11-19)4-2-5-18-12-14-24(15-13-18)22(25)26/h3,6-7,17-19H,2,4-5,8-15H2,1H3,(H,25,26)/t17-,19+. The fraction of sp³-hybridized carbons (Fsp3) is 0.682. The van der Waals surface area contributed by atoms with Crippen LogP contribution in [0, 0.1) is 18.8 Å². The predicted molar refractivity (Wildman–Crippen MR) is 111 cm³/mol. The van der Waals surface area contributed by atoms with Crippen molar-refractivity contribution in [1.29, 1.82) is 0 Å². The largest absolute Gasteiger partial charge is 0.490 e. The number of halogens is 1. The number of amides is 1. The molecule has 5 heteroatoms. The van der Waals surface area contributed by atoms with Crippen LogP contribution in [0.5, 0.6) is 5.75 Å². The molecule has 0 bridgehead atoms. The second kappa shape index (κ2) is 9.81. The van der Waals surface area contributed by atoms with Gasteiger partial charge < -0.3 is 14.7 Å². The molecule has 3 rings (SSSR count). The number of nitrogens with zero attached hydrogens (tertiary/aromatic N) is 1. The van der Waals surface area contributed by atoms with Crippen LogP contribution in [0.4, 0.5) is 4.79 Å². The number of benzene rings is 1. The Morgan fingerprint density at radius 1 is 1.11 bits per heavy atom. The minimum atomic E-state index is -0.759. The molecule has 2 aliphatic rings. The molecule has 150 valence electrons. The third-order valence-corrected chi connectivity index (χ3v) is 7.27. The Bertz CT molecular complexity index is 620. The second-order valence-corrected chi connectivity index (χ2v) is 9.12. The average molecular weight is 438 g/mol. The van der Waals surface area contributed by atoms with Crippen molar-refractivity contribution in [1.82, 2.24) is 4.90 Å². The quantitative estimate of drug-likeness (QED) is 0.571. The lowest BCUT2D eigenvalue weighted by Gasteiger charge is -2.31. The Morgan fingerprint density at radius 3 is 2.37 bits per heavy atom. The first kappa shape index (κ1) is 20.5. The zero-order valence-electron chi connectivity index (χ0n) is 16.3. The van der Waals surface area contributed by atoms with E-state index in [0.29, 0.717) is 6.10 Å². The normalized spacial score (nSPS) is 24.0. The van der Waals surface area contributed by atoms with E-state index >= 15 is 0 Å². The maximum absolute atomic E-state index is 11.0. The lowest BCUT2D eigenvalue weighted by atomic mass is 9.82. The van der Waals surface area contributed by atoms with Crippen LogP contribution in [0.3, 0.4) is 0 Å². The number of hydrogen-bond donors (Lipinski definition) is 1. The number of hydrogen-bond acceptors (Lipinski definition) is 2. The first-order valence-electron chi connectivity index (χ1n) is 10.4. The van der Waals surface area contributed by atoms with Crippen molar-refractivity contribution in [3.05, 3.63) is 28.2 Å². The Labute approximate surface area is 171 Å². The van der Waals surface area contributed by atoms with Crippen molar-refractivity contribution >= 4 is 22.0 Å². The summed E-state index contributed by atoms with van der Waals surface area (Å²) in [5.74, 6) is 2.58. The topological polar surface area (TPSA) is 49.8 Å². The fourth-order valence-corrected chi connectivity index (χ4v) is 4.89. The van der Waals surface area contributed by atoms with Crippen molar-refractivity contribution in [3.63, 3.8) is 0 Å². The van der Waals surface area contributed by atoms with Crippen LogP contribution in [-0.2, 0) is 0 Å². The van der Waals surface area contributed by atoms with Gasteiger partial charge in [-0.25, -0.2) is 4.79 Å². The van der Waals surface area contributed by atoms with Gasteiger partial charge in [0.05, 0.1) is 6.10 Å². The van der Waals surface area contributed by atoms with Crippen LogP contribution >= 0.6 is 15.9 Å². The molecule has 1 amide bonds. The number of likely N-dealkylation sites (tertiary alicyclic amines) is 1. The monoisotopic (exact) mass is 437 g/mol. The summed E-state index contributed by atoms with van der Waals surface area (Å²) in [4.78, 5) is 12.5. The van der Waals surface area contributed by atoms with E-state index < -0.39 is 6.09 Å². The molecule has 1 heterocycles. The van der Waals surface area contributed by atoms with Crippen LogP contribution in [0.25, 0.3) is 0 Å². The highest BCUT2D eigenvalue weighted by Gasteiger charge is 2.25. The molecule has 1 saturated carbocycles. The molecular formula is C22H32BrNO3. The highest BCUT2D eigenvalue weighted by atomic mass is 79.9. The summed E-state index contributed by atoms with van der Waals surface area (Å²) in [5, 5.41) is 9.03. The zero-order valence-corrected chi connectivity index (χ0v) is 17.9. The fourth-order valence-electron chi connectivity index (χ4n) is 4.54. The van der Waals surface area contributed by atoms with Gasteiger partial charge in [-0.05, 0) is 69.4 Å². The Kier molecular flexibility index (Phi) is 7.45. The summed E-state index contributed by atoms with van der Waals surface area (Å²) in [7, 11) is 0. The molecular weight excluding hydrogens is 406 g/mol. The van der Waals surface area contributed by atoms with Crippen molar-refractivity contribution in [2.24, 2.45) is 11.8 Å². The van der Waals surface area contributed by atoms with Crippen LogP contribution in [0.1, 0.15) is 63.4 Å². The van der Waals surface area contributed by atoms with Crippen LogP contribution < -0.4 is 4.74 Å². The van der Waals surface area contributed by atoms with Crippen LogP contribution in [-0.4, -0.2) is 35.3 Å². The van der Waals surface area contributed by atoms with E-state index in [1.807, 2.05) is 6.07 Å². The molecule has 0 atom stereocenters. The Hall–Kier alpha value is -1.23. The summed E-state index contributed by atoms with van der Waals surface area (Å²) >= 11 is 3.58. The molecule has 0 unspecified atom stereocenters. The summed E-state index contributed by atoms with van der Waals surface area (Å²) in [6, 6.07) is 6.17. The molecule has 4 nitrogen and oxygen atoms in total. The number of rotatable bonds is 6. The summed E-state index contributed by atoms with van der Waals surface area (Å²) in [6.45, 7) is 3.54. The molecule has 27 heavy (non-hydrogen) atoms. The number of piperidine rings is 1. The highest BCUT2D eigenvalue weighted by Crippen LogP contribution is 2.34. The van der Waals surface area contributed by atoms with E-state index in [1.54, 1.807) is 4.90 Å². The Balaban J connectivity index is 1.32. The van der Waals surface area contributed by atoms with Gasteiger partial charge in [0.2, 0.25) is 0 Å². The highest BCUT2D eigenvalue weighted by molar-refractivity contribution is 9.10. The van der Waals surface area contributed by atoms with Crippen molar-refractivity contribution in [3.8, 4) is 5.75 Å². The van der Waals surface area contributed by atoms with Gasteiger partial charge in [-0.2, -0.15) is 0 Å². The van der Waals surface area contributed by atoms with Crippen LogP contribution in [0.15, 0.2) is 22.7 Å². The third-order valence-electron chi connectivity index (χ3n) is 6.42. The maximum Gasteiger partial charge on any atom is 0.407 e. The van der Waals surface area contributed by atoms with Crippen molar-refractivity contribution in [2.45, 2.75) is 70.8 Å². The van der Waals surface area contributed by atoms with Gasteiger partial charge >= 0.3 is 6.09 Å². The summed E-state index contributed by atoms with van der Waals surface area (Å²) < 4.78 is 7.38. The van der Waals surface area contributed by atoms with Gasteiger partial charge in [-0.3, -0.25) is 0 Å². The van der Waals surface area contributed by atoms with Gasteiger partial charge in [0.15, 0.2) is 0 Å². The lowest BCUT2D eigenvalue weighted by molar-refractivity contribution is 0.118. The molecule has 1 N–H and O–H groups in total. The van der Waals surface area contributed by atoms with Crippen molar-refractivity contribution in [2.75, 3.05) is 13.1 Å². The predicted octanol–water partition coefficient (Wildman–Crippen LogP) is 6.26. The van der Waals surface area contributed by atoms with Gasteiger partial charge in [-0.15, -0.1) is 0 Å². The van der Waals surface area contributed by atoms with E-state index in [1.165, 1.54) is 37.7 Å². The minimum absolute atomic E-state index is 0.356. The van der Waals surface area contributed by atoms with E-state index in [2.05, 4.69) is 35.0 Å². The molecule has 0 radical (unpaired) electrons. The van der Waals surface area contributed by atoms with E-state index in [-0.39, 0.29) is 0 Å². The molecule has 1 aliphatic carbocycles. The SMILES string of the molecule is Cc1c(Br)cccc1O[C@H]1CC[C@@H](CCCC2CCN(C(=O)O)CC2)CC1. The average Bonchev–Trinajstić information content (AvgIpc) is 2.67. The molecule has 1 aromatic rings. The Morgan fingerprint density at radius 2 is 1.74 bits per heavy atom. The van der Waals surface area contributed by atoms with Gasteiger partial charge in [0, 0.05) is 23.1 Å². The minimum Gasteiger partial charge on any atom is -0.490 e. The molecule has 1 aliphatic heterocycles. The van der Waals surface area contributed by atoms with Crippen LogP contribution in [0.2, 0.25) is 0 Å². The second-order valence-electron chi connectivity index (χ2n) is 8.27. The first-order valence-corrected chi connectivity index (χ1v) is 11.2. The summed E-state index contributed by atoms with van der Waals surface area (Å²) in [6.07, 6.45) is 10.4. The van der Waals surface area contributed by atoms with E-state index in [4.69, 9.17) is 9.84 Å². The molecule has 0 spiro atoms.